The first kappa shape index (κ1) is 21.5. The highest BCUT2D eigenvalue weighted by Gasteiger charge is 2.27. The summed E-state index contributed by atoms with van der Waals surface area (Å²) in [6.45, 7) is 3.14. The van der Waals surface area contributed by atoms with E-state index in [4.69, 9.17) is 11.6 Å². The van der Waals surface area contributed by atoms with Gasteiger partial charge in [0.1, 0.15) is 5.82 Å². The summed E-state index contributed by atoms with van der Waals surface area (Å²) in [6, 6.07) is 18.6. The van der Waals surface area contributed by atoms with E-state index in [-0.39, 0.29) is 17.0 Å². The van der Waals surface area contributed by atoms with E-state index < -0.39 is 11.7 Å². The Kier molecular flexibility index (Phi) is 5.79. The van der Waals surface area contributed by atoms with Gasteiger partial charge in [0.05, 0.1) is 11.1 Å². The number of benzene rings is 3. The van der Waals surface area contributed by atoms with E-state index >= 15 is 0 Å². The molecule has 0 atom stereocenters. The van der Waals surface area contributed by atoms with E-state index in [1.54, 1.807) is 4.90 Å². The molecule has 2 aliphatic rings. The number of nitrogens with zero attached hydrogens (tertiary/aromatic N) is 3. The molecule has 0 N–H and O–H groups in total. The van der Waals surface area contributed by atoms with Crippen molar-refractivity contribution >= 4 is 29.6 Å². The molecule has 3 aromatic carbocycles. The fourth-order valence-corrected chi connectivity index (χ4v) is 4.46. The second-order valence-electron chi connectivity index (χ2n) is 8.22. The number of amides is 2. The van der Waals surface area contributed by atoms with Crippen molar-refractivity contribution in [3.8, 4) is 11.1 Å². The van der Waals surface area contributed by atoms with Gasteiger partial charge in [0.15, 0.2) is 0 Å². The van der Waals surface area contributed by atoms with Crippen molar-refractivity contribution in [1.82, 2.24) is 9.80 Å². The lowest BCUT2D eigenvalue weighted by atomic mass is 9.99. The van der Waals surface area contributed by atoms with Gasteiger partial charge >= 0.3 is 0 Å². The van der Waals surface area contributed by atoms with Crippen molar-refractivity contribution in [2.45, 2.75) is 6.54 Å². The summed E-state index contributed by atoms with van der Waals surface area (Å²) < 4.78 is 14.5. The Hall–Kier alpha value is -3.35. The molecule has 0 aromatic heterocycles. The molecule has 3 aromatic rings. The largest absolute Gasteiger partial charge is 0.336 e. The fraction of sp³-hybridized carbons (Fsp3) is 0.192. The maximum atomic E-state index is 14.5. The number of carbonyl (C=O) groups is 2. The molecule has 166 valence electrons. The summed E-state index contributed by atoms with van der Waals surface area (Å²) in [5.41, 5.74) is 4.14. The molecule has 33 heavy (non-hydrogen) atoms. The lowest BCUT2D eigenvalue weighted by Gasteiger charge is -2.35. The molecule has 0 saturated carbocycles. The molecule has 0 unspecified atom stereocenters. The summed E-state index contributed by atoms with van der Waals surface area (Å²) in [5.74, 6) is -1.52. The Bertz CT molecular complexity index is 1270. The minimum Gasteiger partial charge on any atom is -0.336 e. The number of halogens is 2. The van der Waals surface area contributed by atoms with Gasteiger partial charge in [-0.2, -0.15) is 0 Å². The number of piperazine rings is 1. The van der Waals surface area contributed by atoms with Crippen molar-refractivity contribution in [3.05, 3.63) is 93.8 Å². The lowest BCUT2D eigenvalue weighted by molar-refractivity contribution is 0.0623. The van der Waals surface area contributed by atoms with Crippen LogP contribution < -0.4 is 0 Å². The van der Waals surface area contributed by atoms with Gasteiger partial charge in [-0.15, -0.1) is 0 Å². The van der Waals surface area contributed by atoms with Crippen LogP contribution in [0.15, 0.2) is 65.7 Å². The van der Waals surface area contributed by atoms with Crippen LogP contribution in [0.1, 0.15) is 31.8 Å². The van der Waals surface area contributed by atoms with Gasteiger partial charge in [0.2, 0.25) is 0 Å². The van der Waals surface area contributed by atoms with E-state index in [0.717, 1.165) is 23.7 Å². The predicted octanol–water partition coefficient (Wildman–Crippen LogP) is 4.68. The average molecular weight is 462 g/mol. The smallest absolute Gasteiger partial charge is 0.277 e. The van der Waals surface area contributed by atoms with Crippen molar-refractivity contribution < 1.29 is 14.0 Å². The molecule has 7 heteroatoms. The summed E-state index contributed by atoms with van der Waals surface area (Å²) in [7, 11) is 0. The number of rotatable bonds is 4. The van der Waals surface area contributed by atoms with Crippen molar-refractivity contribution in [3.63, 3.8) is 0 Å². The van der Waals surface area contributed by atoms with Crippen LogP contribution in [0.3, 0.4) is 0 Å². The Balaban J connectivity index is 1.26. The molecule has 2 amide bonds. The van der Waals surface area contributed by atoms with Crippen LogP contribution in [-0.4, -0.2) is 54.0 Å². The van der Waals surface area contributed by atoms with Gasteiger partial charge in [-0.05, 0) is 41.0 Å². The maximum absolute atomic E-state index is 14.5. The first-order chi connectivity index (χ1) is 16.0. The number of aliphatic imine (C=N–C) groups is 1. The summed E-state index contributed by atoms with van der Waals surface area (Å²) in [6.07, 6.45) is 1.38. The normalized spacial score (nSPS) is 15.7. The lowest BCUT2D eigenvalue weighted by Crippen LogP contribution is -2.48. The summed E-state index contributed by atoms with van der Waals surface area (Å²) in [5, 5.41) is 0.704. The molecular formula is C26H21ClFN3O2. The van der Waals surface area contributed by atoms with Crippen LogP contribution >= 0.6 is 11.6 Å². The molecule has 0 aliphatic carbocycles. The SMILES string of the molecule is O=C1N=Cc2cc(C(=O)N3CCN(Cc4ccccc4-c4ccc(Cl)cc4)CC3)c(F)cc21. The first-order valence-corrected chi connectivity index (χ1v) is 11.1. The van der Waals surface area contributed by atoms with E-state index in [1.165, 1.54) is 17.8 Å². The molecule has 1 fully saturated rings. The molecule has 0 bridgehead atoms. The highest BCUT2D eigenvalue weighted by molar-refractivity contribution is 6.30. The monoisotopic (exact) mass is 461 g/mol. The zero-order valence-electron chi connectivity index (χ0n) is 17.8. The van der Waals surface area contributed by atoms with Crippen LogP contribution in [0.4, 0.5) is 4.39 Å². The zero-order chi connectivity index (χ0) is 22.9. The van der Waals surface area contributed by atoms with Crippen LogP contribution in [0, 0.1) is 5.82 Å². The van der Waals surface area contributed by atoms with Crippen LogP contribution in [-0.2, 0) is 6.54 Å². The summed E-state index contributed by atoms with van der Waals surface area (Å²) >= 11 is 6.04. The van der Waals surface area contributed by atoms with Crippen LogP contribution in [0.5, 0.6) is 0 Å². The zero-order valence-corrected chi connectivity index (χ0v) is 18.6. The molecular weight excluding hydrogens is 441 g/mol. The molecule has 1 saturated heterocycles. The van der Waals surface area contributed by atoms with Gasteiger partial charge in [-0.1, -0.05) is 48.0 Å². The fourth-order valence-electron chi connectivity index (χ4n) is 4.33. The first-order valence-electron chi connectivity index (χ1n) is 10.8. The van der Waals surface area contributed by atoms with Gasteiger partial charge in [0.25, 0.3) is 11.8 Å². The van der Waals surface area contributed by atoms with E-state index in [1.807, 2.05) is 36.4 Å². The second kappa shape index (κ2) is 8.89. The van der Waals surface area contributed by atoms with Crippen molar-refractivity contribution in [1.29, 1.82) is 0 Å². The average Bonchev–Trinajstić information content (AvgIpc) is 3.19. The maximum Gasteiger partial charge on any atom is 0.277 e. The number of hydrogen-bond acceptors (Lipinski definition) is 3. The van der Waals surface area contributed by atoms with Gasteiger partial charge < -0.3 is 4.90 Å². The third-order valence-electron chi connectivity index (χ3n) is 6.15. The van der Waals surface area contributed by atoms with Gasteiger partial charge in [-0.25, -0.2) is 9.38 Å². The Morgan fingerprint density at radius 3 is 2.45 bits per heavy atom. The Morgan fingerprint density at radius 1 is 0.970 bits per heavy atom. The minimum absolute atomic E-state index is 0.0172. The van der Waals surface area contributed by atoms with Gasteiger partial charge in [0, 0.05) is 49.5 Å². The van der Waals surface area contributed by atoms with E-state index in [0.29, 0.717) is 36.8 Å². The topological polar surface area (TPSA) is 53.0 Å². The molecule has 5 rings (SSSR count). The van der Waals surface area contributed by atoms with Crippen molar-refractivity contribution in [2.24, 2.45) is 4.99 Å². The molecule has 2 aliphatic heterocycles. The predicted molar refractivity (Wildman–Crippen MR) is 126 cm³/mol. The highest BCUT2D eigenvalue weighted by Crippen LogP contribution is 2.27. The molecule has 0 spiro atoms. The Morgan fingerprint density at radius 2 is 1.70 bits per heavy atom. The quantitative estimate of drug-likeness (QED) is 0.567. The third kappa shape index (κ3) is 4.32. The molecule has 0 radical (unpaired) electrons. The number of hydrogen-bond donors (Lipinski definition) is 0. The minimum atomic E-state index is -0.683. The van der Waals surface area contributed by atoms with Crippen molar-refractivity contribution in [2.75, 3.05) is 26.2 Å². The molecule has 2 heterocycles. The Labute approximate surface area is 196 Å². The van der Waals surface area contributed by atoms with Crippen LogP contribution in [0.2, 0.25) is 5.02 Å². The number of fused-ring (bicyclic) bond motifs is 1. The summed E-state index contributed by atoms with van der Waals surface area (Å²) in [4.78, 5) is 32.2. The highest BCUT2D eigenvalue weighted by atomic mass is 35.5. The second-order valence-corrected chi connectivity index (χ2v) is 8.65. The number of carbonyl (C=O) groups excluding carboxylic acids is 2. The third-order valence-corrected chi connectivity index (χ3v) is 6.40. The van der Waals surface area contributed by atoms with Gasteiger partial charge in [-0.3, -0.25) is 14.5 Å². The van der Waals surface area contributed by atoms with E-state index in [2.05, 4.69) is 22.0 Å². The standard InChI is InChI=1S/C26H21ClFN3O2/c27-20-7-5-17(6-8-20)21-4-2-1-3-18(21)16-30-9-11-31(12-10-30)26(33)23-13-19-15-29-25(32)22(19)14-24(23)28/h1-8,13-15H,9-12,16H2. The van der Waals surface area contributed by atoms with E-state index in [9.17, 15) is 14.0 Å². The van der Waals surface area contributed by atoms with Crippen LogP contribution in [0.25, 0.3) is 11.1 Å². The molecule has 5 nitrogen and oxygen atoms in total.